The molecule has 0 aliphatic carbocycles. The molecule has 0 radical (unpaired) electrons. The van der Waals surface area contributed by atoms with E-state index in [1.54, 1.807) is 0 Å². The van der Waals surface area contributed by atoms with E-state index in [4.69, 9.17) is 9.15 Å². The van der Waals surface area contributed by atoms with Crippen LogP contribution in [-0.4, -0.2) is 19.8 Å². The van der Waals surface area contributed by atoms with Crippen LogP contribution in [0.1, 0.15) is 39.0 Å². The van der Waals surface area contributed by atoms with Crippen LogP contribution in [0, 0.1) is 5.92 Å². The third-order valence-electron chi connectivity index (χ3n) is 3.29. The van der Waals surface area contributed by atoms with Crippen molar-refractivity contribution < 1.29 is 9.15 Å². The van der Waals surface area contributed by atoms with Crippen LogP contribution in [0.15, 0.2) is 33.2 Å². The molecule has 3 nitrogen and oxygen atoms in total. The number of hydrogen-bond acceptors (Lipinski definition) is 3. The maximum Gasteiger partial charge on any atom is 0.134 e. The first-order chi connectivity index (χ1) is 10.1. The highest BCUT2D eigenvalue weighted by Crippen LogP contribution is 2.26. The summed E-state index contributed by atoms with van der Waals surface area (Å²) < 4.78 is 12.5. The Balaban J connectivity index is 1.78. The molecule has 0 aliphatic rings. The lowest BCUT2D eigenvalue weighted by molar-refractivity contribution is 0.107. The van der Waals surface area contributed by atoms with Crippen LogP contribution in [0.3, 0.4) is 0 Å². The van der Waals surface area contributed by atoms with E-state index in [1.807, 2.05) is 12.1 Å². The number of furan rings is 1. The summed E-state index contributed by atoms with van der Waals surface area (Å²) in [5.74, 6) is 1.58. The lowest BCUT2D eigenvalue weighted by atomic mass is 10.2. The second-order valence-corrected chi connectivity index (χ2v) is 6.74. The summed E-state index contributed by atoms with van der Waals surface area (Å²) in [6, 6.07) is 8.39. The Morgan fingerprint density at radius 3 is 2.81 bits per heavy atom. The molecule has 1 unspecified atom stereocenters. The molecular formula is C17H24BrNO2. The topological polar surface area (TPSA) is 34.4 Å². The Labute approximate surface area is 135 Å². The third kappa shape index (κ3) is 5.13. The number of hydrogen-bond donors (Lipinski definition) is 1. The molecule has 0 spiro atoms. The molecule has 4 heteroatoms. The summed E-state index contributed by atoms with van der Waals surface area (Å²) in [5.41, 5.74) is 0.933. The van der Waals surface area contributed by atoms with Gasteiger partial charge in [-0.1, -0.05) is 29.8 Å². The third-order valence-corrected chi connectivity index (χ3v) is 3.78. The maximum atomic E-state index is 5.88. The molecule has 2 aromatic rings. The molecule has 116 valence electrons. The van der Waals surface area contributed by atoms with Crippen molar-refractivity contribution in [2.24, 2.45) is 5.92 Å². The molecule has 0 saturated heterocycles. The van der Waals surface area contributed by atoms with Gasteiger partial charge in [-0.05, 0) is 50.1 Å². The van der Waals surface area contributed by atoms with Gasteiger partial charge in [0, 0.05) is 23.1 Å². The quantitative estimate of drug-likeness (QED) is 0.684. The van der Waals surface area contributed by atoms with Gasteiger partial charge in [0.1, 0.15) is 11.3 Å². The minimum atomic E-state index is 0.210. The maximum absolute atomic E-state index is 5.88. The Hall–Kier alpha value is -0.840. The summed E-state index contributed by atoms with van der Waals surface area (Å²) in [7, 11) is 0. The van der Waals surface area contributed by atoms with E-state index in [-0.39, 0.29) is 6.04 Å². The van der Waals surface area contributed by atoms with Gasteiger partial charge >= 0.3 is 0 Å². The fourth-order valence-electron chi connectivity index (χ4n) is 2.16. The molecule has 21 heavy (non-hydrogen) atoms. The van der Waals surface area contributed by atoms with E-state index >= 15 is 0 Å². The van der Waals surface area contributed by atoms with Gasteiger partial charge in [0.25, 0.3) is 0 Å². The van der Waals surface area contributed by atoms with Crippen LogP contribution in [-0.2, 0) is 4.74 Å². The van der Waals surface area contributed by atoms with E-state index < -0.39 is 0 Å². The van der Waals surface area contributed by atoms with Gasteiger partial charge in [-0.15, -0.1) is 0 Å². The minimum absolute atomic E-state index is 0.210. The zero-order chi connectivity index (χ0) is 15.2. The van der Waals surface area contributed by atoms with Crippen molar-refractivity contribution in [3.05, 3.63) is 34.5 Å². The summed E-state index contributed by atoms with van der Waals surface area (Å²) >= 11 is 3.48. The molecule has 1 atom stereocenters. The molecule has 0 amide bonds. The first-order valence-electron chi connectivity index (χ1n) is 7.56. The Morgan fingerprint density at radius 2 is 2.05 bits per heavy atom. The van der Waals surface area contributed by atoms with Crippen LogP contribution in [0.25, 0.3) is 11.0 Å². The monoisotopic (exact) mass is 353 g/mol. The Bertz CT molecular complexity index is 565. The molecule has 0 bridgehead atoms. The second kappa shape index (κ2) is 7.97. The number of fused-ring (bicyclic) bond motifs is 1. The molecule has 0 saturated carbocycles. The number of nitrogens with one attached hydrogen (secondary N) is 1. The molecule has 0 aliphatic heterocycles. The van der Waals surface area contributed by atoms with Crippen LogP contribution in [0.4, 0.5) is 0 Å². The van der Waals surface area contributed by atoms with E-state index in [0.717, 1.165) is 47.4 Å². The highest BCUT2D eigenvalue weighted by molar-refractivity contribution is 9.10. The molecule has 1 N–H and O–H groups in total. The largest absolute Gasteiger partial charge is 0.459 e. The van der Waals surface area contributed by atoms with Crippen molar-refractivity contribution in [3.8, 4) is 0 Å². The van der Waals surface area contributed by atoms with Gasteiger partial charge in [-0.2, -0.15) is 0 Å². The summed E-state index contributed by atoms with van der Waals surface area (Å²) in [5, 5.41) is 4.61. The zero-order valence-corrected chi connectivity index (χ0v) is 14.6. The van der Waals surface area contributed by atoms with Crippen molar-refractivity contribution in [3.63, 3.8) is 0 Å². The first kappa shape index (κ1) is 16.5. The van der Waals surface area contributed by atoms with Gasteiger partial charge in [0.2, 0.25) is 0 Å². The van der Waals surface area contributed by atoms with Gasteiger partial charge < -0.3 is 14.5 Å². The summed E-state index contributed by atoms with van der Waals surface area (Å²) in [6.45, 7) is 9.04. The standard InChI is InChI=1S/C17H24BrNO2/c1-12(2)11-20-8-4-7-19-13(3)17-10-14-9-15(18)5-6-16(14)21-17/h5-6,9-10,12-13,19H,4,7-8,11H2,1-3H3. The molecule has 0 fully saturated rings. The van der Waals surface area contributed by atoms with Gasteiger partial charge in [0.05, 0.1) is 6.04 Å². The average Bonchev–Trinajstić information content (AvgIpc) is 2.85. The summed E-state index contributed by atoms with van der Waals surface area (Å²) in [6.07, 6.45) is 1.02. The number of benzene rings is 1. The van der Waals surface area contributed by atoms with Gasteiger partial charge in [0.15, 0.2) is 0 Å². The zero-order valence-electron chi connectivity index (χ0n) is 13.0. The minimum Gasteiger partial charge on any atom is -0.459 e. The molecule has 1 aromatic carbocycles. The van der Waals surface area contributed by atoms with Crippen molar-refractivity contribution in [2.45, 2.75) is 33.2 Å². The predicted octanol–water partition coefficient (Wildman–Crippen LogP) is 4.91. The normalized spacial score (nSPS) is 13.2. The van der Waals surface area contributed by atoms with Crippen LogP contribution >= 0.6 is 15.9 Å². The Kier molecular flexibility index (Phi) is 6.27. The molecule has 1 aromatic heterocycles. The van der Waals surface area contributed by atoms with Crippen molar-refractivity contribution in [1.82, 2.24) is 5.32 Å². The average molecular weight is 354 g/mol. The number of ether oxygens (including phenoxy) is 1. The van der Waals surface area contributed by atoms with E-state index in [9.17, 15) is 0 Å². The second-order valence-electron chi connectivity index (χ2n) is 5.83. The lowest BCUT2D eigenvalue weighted by Gasteiger charge is -2.11. The summed E-state index contributed by atoms with van der Waals surface area (Å²) in [4.78, 5) is 0. The van der Waals surface area contributed by atoms with Crippen LogP contribution < -0.4 is 5.32 Å². The lowest BCUT2D eigenvalue weighted by Crippen LogP contribution is -2.20. The highest BCUT2D eigenvalue weighted by atomic mass is 79.9. The molecule has 2 rings (SSSR count). The predicted molar refractivity (Wildman–Crippen MR) is 90.6 cm³/mol. The van der Waals surface area contributed by atoms with E-state index in [2.05, 4.69) is 54.2 Å². The van der Waals surface area contributed by atoms with Crippen LogP contribution in [0.5, 0.6) is 0 Å². The number of halogens is 1. The number of rotatable bonds is 8. The van der Waals surface area contributed by atoms with Crippen molar-refractivity contribution in [1.29, 1.82) is 0 Å². The highest BCUT2D eigenvalue weighted by Gasteiger charge is 2.11. The van der Waals surface area contributed by atoms with Gasteiger partial charge in [-0.25, -0.2) is 0 Å². The van der Waals surface area contributed by atoms with Gasteiger partial charge in [-0.3, -0.25) is 0 Å². The van der Waals surface area contributed by atoms with Crippen molar-refractivity contribution in [2.75, 3.05) is 19.8 Å². The molecule has 1 heterocycles. The van der Waals surface area contributed by atoms with Crippen molar-refractivity contribution >= 4 is 26.9 Å². The fourth-order valence-corrected chi connectivity index (χ4v) is 2.54. The first-order valence-corrected chi connectivity index (χ1v) is 8.35. The smallest absolute Gasteiger partial charge is 0.134 e. The van der Waals surface area contributed by atoms with E-state index in [0.29, 0.717) is 5.92 Å². The fraction of sp³-hybridized carbons (Fsp3) is 0.529. The van der Waals surface area contributed by atoms with Crippen LogP contribution in [0.2, 0.25) is 0 Å². The SMILES string of the molecule is CC(C)COCCCNC(C)c1cc2cc(Br)ccc2o1. The Morgan fingerprint density at radius 1 is 1.24 bits per heavy atom. The molecular weight excluding hydrogens is 330 g/mol. The van der Waals surface area contributed by atoms with E-state index in [1.165, 1.54) is 0 Å².